The third kappa shape index (κ3) is 6.34. The average Bonchev–Trinajstić information content (AvgIpc) is 3.29. The molecule has 1 atom stereocenters. The number of sulfonamides is 1. The highest BCUT2D eigenvalue weighted by molar-refractivity contribution is 7.89. The van der Waals surface area contributed by atoms with E-state index in [4.69, 9.17) is 9.47 Å². The second-order valence-corrected chi connectivity index (χ2v) is 10.0. The van der Waals surface area contributed by atoms with Gasteiger partial charge in [0.05, 0.1) is 20.8 Å². The minimum atomic E-state index is -3.84. The van der Waals surface area contributed by atoms with E-state index in [1.54, 1.807) is 31.2 Å². The first kappa shape index (κ1) is 24.8. The second-order valence-electron chi connectivity index (χ2n) is 8.16. The van der Waals surface area contributed by atoms with E-state index < -0.39 is 10.0 Å². The molecular formula is C24H32N4O4S. The Morgan fingerprint density at radius 2 is 1.36 bits per heavy atom. The van der Waals surface area contributed by atoms with Crippen LogP contribution in [-0.4, -0.2) is 61.8 Å². The Bertz CT molecular complexity index is 1080. The van der Waals surface area contributed by atoms with Crippen LogP contribution in [0.3, 0.4) is 0 Å². The molecule has 0 bridgehead atoms. The molecule has 1 heterocycles. The number of benzene rings is 2. The summed E-state index contributed by atoms with van der Waals surface area (Å²) in [5.74, 6) is 1.44. The van der Waals surface area contributed by atoms with Crippen molar-refractivity contribution in [1.82, 2.24) is 19.0 Å². The molecule has 0 aliphatic rings. The van der Waals surface area contributed by atoms with Crippen molar-refractivity contribution < 1.29 is 17.9 Å². The van der Waals surface area contributed by atoms with Crippen LogP contribution in [0, 0.1) is 0 Å². The normalized spacial score (nSPS) is 12.8. The van der Waals surface area contributed by atoms with Crippen molar-refractivity contribution in [3.8, 4) is 11.5 Å². The van der Waals surface area contributed by atoms with Crippen LogP contribution in [0.1, 0.15) is 18.1 Å². The summed E-state index contributed by atoms with van der Waals surface area (Å²) in [6.07, 6.45) is 1.71. The summed E-state index contributed by atoms with van der Waals surface area (Å²) in [5, 5.41) is 4.42. The molecule has 33 heavy (non-hydrogen) atoms. The predicted molar refractivity (Wildman–Crippen MR) is 128 cm³/mol. The molecule has 0 unspecified atom stereocenters. The van der Waals surface area contributed by atoms with Gasteiger partial charge in [-0.15, -0.1) is 0 Å². The van der Waals surface area contributed by atoms with E-state index >= 15 is 0 Å². The Balaban J connectivity index is 1.89. The summed E-state index contributed by atoms with van der Waals surface area (Å²) in [4.78, 5) is 2.06. The molecule has 0 fully saturated rings. The zero-order chi connectivity index (χ0) is 24.0. The third-order valence-electron chi connectivity index (χ3n) is 5.59. The smallest absolute Gasteiger partial charge is 0.262 e. The molecule has 0 N–H and O–H groups in total. The highest BCUT2D eigenvalue weighted by Crippen LogP contribution is 2.22. The Morgan fingerprint density at radius 1 is 0.879 bits per heavy atom. The van der Waals surface area contributed by atoms with Crippen molar-refractivity contribution >= 4 is 10.0 Å². The molecule has 2 aromatic carbocycles. The molecule has 0 amide bonds. The number of aromatic nitrogens is 2. The first-order valence-electron chi connectivity index (χ1n) is 10.7. The summed E-state index contributed by atoms with van der Waals surface area (Å²) in [6.45, 7) is 3.08. The molecule has 1 aromatic heterocycles. The maximum atomic E-state index is 13.6. The van der Waals surface area contributed by atoms with E-state index in [9.17, 15) is 8.42 Å². The van der Waals surface area contributed by atoms with E-state index in [0.29, 0.717) is 6.54 Å². The Morgan fingerprint density at radius 3 is 1.79 bits per heavy atom. The fourth-order valence-corrected chi connectivity index (χ4v) is 4.59. The molecule has 3 rings (SSSR count). The molecule has 0 aliphatic heterocycles. The highest BCUT2D eigenvalue weighted by Gasteiger charge is 2.28. The molecule has 3 aromatic rings. The zero-order valence-corrected chi connectivity index (χ0v) is 20.6. The molecule has 0 spiro atoms. The summed E-state index contributed by atoms with van der Waals surface area (Å²) >= 11 is 0. The monoisotopic (exact) mass is 472 g/mol. The third-order valence-corrected chi connectivity index (χ3v) is 7.27. The largest absolute Gasteiger partial charge is 0.497 e. The highest BCUT2D eigenvalue weighted by atomic mass is 32.2. The van der Waals surface area contributed by atoms with Crippen molar-refractivity contribution in [2.75, 3.05) is 28.3 Å². The zero-order valence-electron chi connectivity index (χ0n) is 19.8. The molecule has 9 heteroatoms. The minimum Gasteiger partial charge on any atom is -0.497 e. The topological polar surface area (TPSA) is 76.9 Å². The maximum Gasteiger partial charge on any atom is 0.262 e. The van der Waals surface area contributed by atoms with Gasteiger partial charge in [0.25, 0.3) is 10.0 Å². The van der Waals surface area contributed by atoms with Gasteiger partial charge in [0, 0.05) is 25.3 Å². The molecule has 8 nitrogen and oxygen atoms in total. The summed E-state index contributed by atoms with van der Waals surface area (Å²) in [6, 6.07) is 16.5. The van der Waals surface area contributed by atoms with Crippen molar-refractivity contribution in [2.24, 2.45) is 0 Å². The van der Waals surface area contributed by atoms with Crippen LogP contribution >= 0.6 is 0 Å². The molecule has 0 saturated heterocycles. The Labute approximate surface area is 196 Å². The van der Waals surface area contributed by atoms with E-state index in [0.717, 1.165) is 22.6 Å². The van der Waals surface area contributed by atoms with Gasteiger partial charge in [0.2, 0.25) is 0 Å². The standard InChI is InChI=1S/C24H32N4O4S/c1-19(26(2)3)16-27-15-14-24(25-27)33(29,30)28(17-20-6-10-22(31-4)11-7-20)18-21-8-12-23(32-5)13-9-21/h6-15,19H,16-18H2,1-5H3/t19-/m0/s1. The van der Waals surface area contributed by atoms with Crippen LogP contribution in [0.4, 0.5) is 0 Å². The van der Waals surface area contributed by atoms with Crippen LogP contribution in [0.2, 0.25) is 0 Å². The molecule has 0 aliphatic carbocycles. The summed E-state index contributed by atoms with van der Waals surface area (Å²) in [7, 11) is 3.33. The molecule has 0 saturated carbocycles. The van der Waals surface area contributed by atoms with Gasteiger partial charge in [0.15, 0.2) is 5.03 Å². The van der Waals surface area contributed by atoms with Gasteiger partial charge in [-0.05, 0) is 62.5 Å². The van der Waals surface area contributed by atoms with E-state index in [1.807, 2.05) is 62.6 Å². The van der Waals surface area contributed by atoms with Gasteiger partial charge in [-0.25, -0.2) is 8.42 Å². The van der Waals surface area contributed by atoms with E-state index in [1.165, 1.54) is 4.31 Å². The number of likely N-dealkylation sites (N-methyl/N-ethyl adjacent to an activating group) is 1. The lowest BCUT2D eigenvalue weighted by atomic mass is 10.2. The number of nitrogens with zero attached hydrogens (tertiary/aromatic N) is 4. The lowest BCUT2D eigenvalue weighted by Gasteiger charge is -2.22. The van der Waals surface area contributed by atoms with Gasteiger partial charge < -0.3 is 14.4 Å². The van der Waals surface area contributed by atoms with Crippen LogP contribution in [0.5, 0.6) is 11.5 Å². The van der Waals surface area contributed by atoms with E-state index in [-0.39, 0.29) is 24.2 Å². The minimum absolute atomic E-state index is 0.0375. The first-order chi connectivity index (χ1) is 15.7. The first-order valence-corrected chi connectivity index (χ1v) is 12.1. The van der Waals surface area contributed by atoms with Crippen LogP contribution in [0.15, 0.2) is 65.8 Å². The summed E-state index contributed by atoms with van der Waals surface area (Å²) in [5.41, 5.74) is 1.71. The fourth-order valence-electron chi connectivity index (χ4n) is 3.24. The number of ether oxygens (including phenoxy) is 2. The van der Waals surface area contributed by atoms with E-state index in [2.05, 4.69) is 16.9 Å². The molecule has 178 valence electrons. The average molecular weight is 473 g/mol. The van der Waals surface area contributed by atoms with Crippen LogP contribution in [0.25, 0.3) is 0 Å². The molecular weight excluding hydrogens is 440 g/mol. The SMILES string of the molecule is COc1ccc(CN(Cc2ccc(OC)cc2)S(=O)(=O)c2ccn(C[C@H](C)N(C)C)n2)cc1. The van der Waals surface area contributed by atoms with Crippen LogP contribution in [-0.2, 0) is 29.7 Å². The van der Waals surface area contributed by atoms with Crippen molar-refractivity contribution in [3.05, 3.63) is 71.9 Å². The Hall–Kier alpha value is -2.88. The summed E-state index contributed by atoms with van der Waals surface area (Å²) < 4.78 is 40.8. The number of methoxy groups -OCH3 is 2. The van der Waals surface area contributed by atoms with Gasteiger partial charge in [-0.3, -0.25) is 4.68 Å². The van der Waals surface area contributed by atoms with Crippen molar-refractivity contribution in [3.63, 3.8) is 0 Å². The second kappa shape index (κ2) is 10.8. The predicted octanol–water partition coefficient (Wildman–Crippen LogP) is 3.24. The lowest BCUT2D eigenvalue weighted by molar-refractivity contribution is 0.274. The Kier molecular flexibility index (Phi) is 8.12. The maximum absolute atomic E-state index is 13.6. The van der Waals surface area contributed by atoms with Crippen molar-refractivity contribution in [1.29, 1.82) is 0 Å². The van der Waals surface area contributed by atoms with Gasteiger partial charge >= 0.3 is 0 Å². The van der Waals surface area contributed by atoms with Crippen LogP contribution < -0.4 is 9.47 Å². The van der Waals surface area contributed by atoms with Crippen molar-refractivity contribution in [2.45, 2.75) is 37.6 Å². The lowest BCUT2D eigenvalue weighted by Crippen LogP contribution is -2.31. The van der Waals surface area contributed by atoms with Gasteiger partial charge in [-0.2, -0.15) is 9.40 Å². The number of hydrogen-bond donors (Lipinski definition) is 0. The fraction of sp³-hybridized carbons (Fsp3) is 0.375. The number of hydrogen-bond acceptors (Lipinski definition) is 6. The van der Waals surface area contributed by atoms with Gasteiger partial charge in [0.1, 0.15) is 11.5 Å². The van der Waals surface area contributed by atoms with Gasteiger partial charge in [-0.1, -0.05) is 24.3 Å². The quantitative estimate of drug-likeness (QED) is 0.426. The molecule has 0 radical (unpaired) electrons. The number of rotatable bonds is 11.